The number of aromatic nitrogens is 2. The number of fused-ring (bicyclic) bond motifs is 1. The lowest BCUT2D eigenvalue weighted by Gasteiger charge is -2.36. The molecule has 1 amide bonds. The largest absolute Gasteiger partial charge is 0.496 e. The fourth-order valence-electron chi connectivity index (χ4n) is 4.63. The summed E-state index contributed by atoms with van der Waals surface area (Å²) in [5.41, 5.74) is 2.97. The van der Waals surface area contributed by atoms with E-state index in [0.29, 0.717) is 37.2 Å². The Morgan fingerprint density at radius 3 is 2.81 bits per heavy atom. The molecule has 8 nitrogen and oxygen atoms in total. The first-order valence-corrected chi connectivity index (χ1v) is 11.3. The predicted molar refractivity (Wildman–Crippen MR) is 118 cm³/mol. The Hall–Kier alpha value is -2.87. The van der Waals surface area contributed by atoms with E-state index in [1.807, 2.05) is 17.7 Å². The second-order valence-corrected chi connectivity index (χ2v) is 8.51. The number of hydrogen-bond donors (Lipinski definition) is 1. The summed E-state index contributed by atoms with van der Waals surface area (Å²) in [6.45, 7) is 4.98. The lowest BCUT2D eigenvalue weighted by Crippen LogP contribution is -2.40. The quantitative estimate of drug-likeness (QED) is 0.525. The van der Waals surface area contributed by atoms with E-state index >= 15 is 0 Å². The Labute approximate surface area is 188 Å². The molecule has 172 valence electrons. The average Bonchev–Trinajstić information content (AvgIpc) is 3.10. The predicted octanol–water partition coefficient (Wildman–Crippen LogP) is 2.78. The van der Waals surface area contributed by atoms with Crippen molar-refractivity contribution in [1.29, 1.82) is 0 Å². The van der Waals surface area contributed by atoms with Crippen LogP contribution in [0.1, 0.15) is 58.3 Å². The van der Waals surface area contributed by atoms with E-state index in [0.717, 1.165) is 49.4 Å². The van der Waals surface area contributed by atoms with Gasteiger partial charge in [0.15, 0.2) is 0 Å². The summed E-state index contributed by atoms with van der Waals surface area (Å²) >= 11 is 0. The second kappa shape index (κ2) is 9.73. The normalized spacial score (nSPS) is 17.4. The molecular formula is C24H31N3O5. The van der Waals surface area contributed by atoms with Crippen LogP contribution in [0, 0.1) is 5.41 Å². The lowest BCUT2D eigenvalue weighted by atomic mass is 9.76. The molecule has 1 aromatic heterocycles. The highest BCUT2D eigenvalue weighted by atomic mass is 16.5. The molecule has 0 atom stereocenters. The van der Waals surface area contributed by atoms with Crippen molar-refractivity contribution in [3.63, 3.8) is 0 Å². The standard InChI is InChI=1S/C24H31N3O5/c1-3-18-21-19(15-24(16-25-22(21)28)9-13-31-14-10-24)27(26-18)11-6-12-32-23(29)17-7-4-5-8-20(17)30-2/h4-5,7-8H,3,6,9-16H2,1-2H3,(H,25,28). The van der Waals surface area contributed by atoms with Crippen molar-refractivity contribution in [2.75, 3.05) is 33.5 Å². The number of para-hydroxylation sites is 1. The first-order valence-electron chi connectivity index (χ1n) is 11.3. The zero-order valence-electron chi connectivity index (χ0n) is 18.8. The first kappa shape index (κ1) is 22.3. The fourth-order valence-corrected chi connectivity index (χ4v) is 4.63. The van der Waals surface area contributed by atoms with Gasteiger partial charge in [0.25, 0.3) is 5.91 Å². The van der Waals surface area contributed by atoms with E-state index in [1.54, 1.807) is 18.2 Å². The SMILES string of the molecule is CCc1nn(CCCOC(=O)c2ccccc2OC)c2c1C(=O)NCC1(CCOCC1)C2. The van der Waals surface area contributed by atoms with Gasteiger partial charge in [-0.15, -0.1) is 0 Å². The molecule has 0 aliphatic carbocycles. The molecule has 4 rings (SSSR count). The number of nitrogens with zero attached hydrogens (tertiary/aromatic N) is 2. The number of methoxy groups -OCH3 is 1. The number of rotatable bonds is 7. The van der Waals surface area contributed by atoms with Crippen LogP contribution < -0.4 is 10.1 Å². The summed E-state index contributed by atoms with van der Waals surface area (Å²) in [6, 6.07) is 7.01. The van der Waals surface area contributed by atoms with Gasteiger partial charge in [0, 0.05) is 32.7 Å². The van der Waals surface area contributed by atoms with Crippen LogP contribution in [0.2, 0.25) is 0 Å². The molecule has 2 aliphatic heterocycles. The van der Waals surface area contributed by atoms with E-state index < -0.39 is 5.97 Å². The maximum Gasteiger partial charge on any atom is 0.341 e. The summed E-state index contributed by atoms with van der Waals surface area (Å²) in [7, 11) is 1.53. The number of aryl methyl sites for hydroxylation is 2. The van der Waals surface area contributed by atoms with Gasteiger partial charge in [-0.05, 0) is 43.2 Å². The van der Waals surface area contributed by atoms with Crippen LogP contribution in [-0.4, -0.2) is 55.1 Å². The van der Waals surface area contributed by atoms with Crippen LogP contribution in [0.25, 0.3) is 0 Å². The van der Waals surface area contributed by atoms with Crippen LogP contribution in [0.15, 0.2) is 24.3 Å². The van der Waals surface area contributed by atoms with Gasteiger partial charge in [-0.2, -0.15) is 5.10 Å². The maximum atomic E-state index is 12.9. The highest BCUT2D eigenvalue weighted by molar-refractivity contribution is 5.97. The monoisotopic (exact) mass is 441 g/mol. The number of benzene rings is 1. The number of carbonyl (C=O) groups excluding carboxylic acids is 2. The number of amides is 1. The molecule has 8 heteroatoms. The minimum atomic E-state index is -0.406. The Morgan fingerprint density at radius 2 is 2.06 bits per heavy atom. The fraction of sp³-hybridized carbons (Fsp3) is 0.542. The number of nitrogens with one attached hydrogen (secondary N) is 1. The molecule has 32 heavy (non-hydrogen) atoms. The summed E-state index contributed by atoms with van der Waals surface area (Å²) in [5.74, 6) is 0.0563. The van der Waals surface area contributed by atoms with Crippen LogP contribution >= 0.6 is 0 Å². The molecule has 1 saturated heterocycles. The summed E-state index contributed by atoms with van der Waals surface area (Å²) in [4.78, 5) is 25.3. The summed E-state index contributed by atoms with van der Waals surface area (Å²) in [5, 5.41) is 7.88. The second-order valence-electron chi connectivity index (χ2n) is 8.51. The molecule has 0 unspecified atom stereocenters. The zero-order valence-corrected chi connectivity index (χ0v) is 18.8. The van der Waals surface area contributed by atoms with Gasteiger partial charge in [-0.3, -0.25) is 9.48 Å². The zero-order chi connectivity index (χ0) is 22.6. The Kier molecular flexibility index (Phi) is 6.79. The number of hydrogen-bond acceptors (Lipinski definition) is 6. The van der Waals surface area contributed by atoms with E-state index in [-0.39, 0.29) is 17.9 Å². The molecule has 3 heterocycles. The van der Waals surface area contributed by atoms with Gasteiger partial charge in [-0.1, -0.05) is 19.1 Å². The van der Waals surface area contributed by atoms with Gasteiger partial charge < -0.3 is 19.5 Å². The van der Waals surface area contributed by atoms with Crippen molar-refractivity contribution >= 4 is 11.9 Å². The average molecular weight is 442 g/mol. The summed E-state index contributed by atoms with van der Waals surface area (Å²) < 4.78 is 18.2. The molecule has 1 aromatic carbocycles. The number of ether oxygens (including phenoxy) is 3. The molecular weight excluding hydrogens is 410 g/mol. The van der Waals surface area contributed by atoms with E-state index in [9.17, 15) is 9.59 Å². The Balaban J connectivity index is 1.45. The summed E-state index contributed by atoms with van der Waals surface area (Å²) in [6.07, 6.45) is 3.96. The number of carbonyl (C=O) groups is 2. The topological polar surface area (TPSA) is 91.7 Å². The van der Waals surface area contributed by atoms with Gasteiger partial charge in [-0.25, -0.2) is 4.79 Å². The van der Waals surface area contributed by atoms with Crippen LogP contribution in [0.4, 0.5) is 0 Å². The van der Waals surface area contributed by atoms with Crippen molar-refractivity contribution in [2.45, 2.75) is 45.6 Å². The van der Waals surface area contributed by atoms with Gasteiger partial charge >= 0.3 is 5.97 Å². The van der Waals surface area contributed by atoms with Gasteiger partial charge in [0.05, 0.1) is 30.7 Å². The third kappa shape index (κ3) is 4.50. The molecule has 1 fully saturated rings. The smallest absolute Gasteiger partial charge is 0.341 e. The van der Waals surface area contributed by atoms with E-state index in [1.165, 1.54) is 7.11 Å². The van der Waals surface area contributed by atoms with E-state index in [2.05, 4.69) is 5.32 Å². The van der Waals surface area contributed by atoms with E-state index in [4.69, 9.17) is 19.3 Å². The highest BCUT2D eigenvalue weighted by Gasteiger charge is 2.39. The lowest BCUT2D eigenvalue weighted by molar-refractivity contribution is 0.0152. The van der Waals surface area contributed by atoms with Crippen molar-refractivity contribution in [3.05, 3.63) is 46.8 Å². The minimum absolute atomic E-state index is 0.0122. The van der Waals surface area contributed by atoms with Gasteiger partial charge in [0.2, 0.25) is 0 Å². The first-order chi connectivity index (χ1) is 15.6. The Morgan fingerprint density at radius 1 is 1.28 bits per heavy atom. The third-order valence-electron chi connectivity index (χ3n) is 6.49. The van der Waals surface area contributed by atoms with Crippen molar-refractivity contribution in [3.8, 4) is 5.75 Å². The molecule has 2 aliphatic rings. The molecule has 0 saturated carbocycles. The van der Waals surface area contributed by atoms with Crippen LogP contribution in [-0.2, 0) is 28.9 Å². The van der Waals surface area contributed by atoms with Gasteiger partial charge in [0.1, 0.15) is 11.3 Å². The maximum absolute atomic E-state index is 12.9. The molecule has 0 bridgehead atoms. The van der Waals surface area contributed by atoms with Crippen molar-refractivity contribution in [1.82, 2.24) is 15.1 Å². The van der Waals surface area contributed by atoms with Crippen molar-refractivity contribution < 1.29 is 23.8 Å². The van der Waals surface area contributed by atoms with Crippen LogP contribution in [0.3, 0.4) is 0 Å². The van der Waals surface area contributed by atoms with Crippen molar-refractivity contribution in [2.24, 2.45) is 5.41 Å². The minimum Gasteiger partial charge on any atom is -0.496 e. The number of esters is 1. The third-order valence-corrected chi connectivity index (χ3v) is 6.49. The molecule has 1 spiro atoms. The molecule has 2 aromatic rings. The molecule has 1 N–H and O–H groups in total. The van der Waals surface area contributed by atoms with Crippen LogP contribution in [0.5, 0.6) is 5.75 Å². The highest BCUT2D eigenvalue weighted by Crippen LogP contribution is 2.37. The Bertz CT molecular complexity index is 978. The molecule has 0 radical (unpaired) electrons.